The van der Waals surface area contributed by atoms with Gasteiger partial charge in [-0.25, -0.2) is 9.36 Å². The lowest BCUT2D eigenvalue weighted by Crippen LogP contribution is -2.55. The van der Waals surface area contributed by atoms with E-state index in [1.165, 1.54) is 13.3 Å². The van der Waals surface area contributed by atoms with Gasteiger partial charge in [0.05, 0.1) is 37.4 Å². The first-order valence-electron chi connectivity index (χ1n) is 10.0. The average Bonchev–Trinajstić information content (AvgIpc) is 2.95. The summed E-state index contributed by atoms with van der Waals surface area (Å²) >= 11 is 0. The number of phosphoric acid groups is 1. The Kier molecular flexibility index (Phi) is 7.40. The highest BCUT2D eigenvalue weighted by atomic mass is 31.2. The summed E-state index contributed by atoms with van der Waals surface area (Å²) in [5, 5.41) is 0. The Bertz CT molecular complexity index is 990. The summed E-state index contributed by atoms with van der Waals surface area (Å²) in [5.74, 6) is -0.493. The molecule has 0 spiro atoms. The molecule has 0 aromatic carbocycles. The number of rotatable bonds is 8. The quantitative estimate of drug-likeness (QED) is 0.383. The number of nitrogens with two attached hydrogens (primary N) is 1. The monoisotopic (exact) mass is 477 g/mol. The molecule has 2 aliphatic rings. The predicted octanol–water partition coefficient (Wildman–Crippen LogP) is 0.0482. The Balaban J connectivity index is 1.68. The molecular formula is C18H28N3O10P. The first-order chi connectivity index (χ1) is 14.9. The lowest BCUT2D eigenvalue weighted by Gasteiger charge is -2.36. The van der Waals surface area contributed by atoms with Crippen molar-refractivity contribution >= 4 is 13.8 Å². The average molecular weight is 477 g/mol. The molecular weight excluding hydrogens is 449 g/mol. The number of carbonyl (C=O) groups excluding carboxylic acids is 1. The highest BCUT2D eigenvalue weighted by Crippen LogP contribution is 2.58. The van der Waals surface area contributed by atoms with Crippen LogP contribution < -0.4 is 17.0 Å². The van der Waals surface area contributed by atoms with E-state index in [9.17, 15) is 18.9 Å². The van der Waals surface area contributed by atoms with Crippen molar-refractivity contribution in [3.8, 4) is 0 Å². The van der Waals surface area contributed by atoms with Crippen molar-refractivity contribution in [1.82, 2.24) is 9.55 Å². The molecule has 0 aliphatic carbocycles. The molecule has 0 saturated carbocycles. The Morgan fingerprint density at radius 2 is 2.16 bits per heavy atom. The number of methoxy groups -OCH3 is 1. The maximum Gasteiger partial charge on any atom is 0.475 e. The van der Waals surface area contributed by atoms with Gasteiger partial charge in [-0.15, -0.1) is 0 Å². The summed E-state index contributed by atoms with van der Waals surface area (Å²) in [6.07, 6.45) is -2.59. The van der Waals surface area contributed by atoms with Crippen molar-refractivity contribution < 1.29 is 37.1 Å². The first-order valence-corrected chi connectivity index (χ1v) is 11.5. The molecule has 0 unspecified atom stereocenters. The van der Waals surface area contributed by atoms with Gasteiger partial charge in [0.1, 0.15) is 12.2 Å². The van der Waals surface area contributed by atoms with Gasteiger partial charge in [-0.05, 0) is 20.8 Å². The Hall–Kier alpha value is -1.86. The number of H-pyrrole nitrogens is 1. The van der Waals surface area contributed by atoms with Crippen molar-refractivity contribution in [2.75, 3.05) is 20.3 Å². The molecule has 6 atom stereocenters. The summed E-state index contributed by atoms with van der Waals surface area (Å²) in [4.78, 5) is 37.5. The van der Waals surface area contributed by atoms with Crippen LogP contribution in [0.2, 0.25) is 0 Å². The van der Waals surface area contributed by atoms with Gasteiger partial charge in [0, 0.05) is 19.4 Å². The summed E-state index contributed by atoms with van der Waals surface area (Å²) in [6.45, 7) is 4.57. The SMILES string of the molecule is CO[C@@H](CO[P@]1(=O)OC[C@H]2O[C@@H](n3ccc(=O)[nH]c3=O)[C@](C)(N)[C@@H]2O1)CC(=O)OC(C)C. The fraction of sp³-hybridized carbons (Fsp3) is 0.722. The molecule has 1 aromatic rings. The van der Waals surface area contributed by atoms with E-state index in [4.69, 9.17) is 33.5 Å². The molecule has 180 valence electrons. The fourth-order valence-corrected chi connectivity index (χ4v) is 5.01. The molecule has 3 N–H and O–H groups in total. The van der Waals surface area contributed by atoms with Crippen LogP contribution in [0.25, 0.3) is 0 Å². The number of nitrogens with zero attached hydrogens (tertiary/aromatic N) is 1. The number of esters is 1. The van der Waals surface area contributed by atoms with Crippen molar-refractivity contribution in [3.63, 3.8) is 0 Å². The number of fused-ring (bicyclic) bond motifs is 1. The number of hydrogen-bond acceptors (Lipinski definition) is 11. The van der Waals surface area contributed by atoms with Crippen molar-refractivity contribution in [2.24, 2.45) is 5.73 Å². The van der Waals surface area contributed by atoms with E-state index in [2.05, 4.69) is 4.98 Å². The van der Waals surface area contributed by atoms with E-state index in [1.807, 2.05) is 0 Å². The number of nitrogens with one attached hydrogen (secondary N) is 1. The van der Waals surface area contributed by atoms with Crippen LogP contribution in [0.1, 0.15) is 33.4 Å². The van der Waals surface area contributed by atoms with Gasteiger partial charge < -0.3 is 19.9 Å². The van der Waals surface area contributed by atoms with Gasteiger partial charge in [-0.1, -0.05) is 0 Å². The minimum atomic E-state index is -4.08. The van der Waals surface area contributed by atoms with Crippen LogP contribution in [0, 0.1) is 0 Å². The summed E-state index contributed by atoms with van der Waals surface area (Å²) < 4.78 is 46.5. The van der Waals surface area contributed by atoms with Crippen molar-refractivity contribution in [3.05, 3.63) is 33.1 Å². The number of carbonyl (C=O) groups is 1. The second kappa shape index (κ2) is 9.56. The second-order valence-corrected chi connectivity index (χ2v) is 9.70. The van der Waals surface area contributed by atoms with E-state index in [0.717, 1.165) is 10.6 Å². The number of aromatic amines is 1. The fourth-order valence-electron chi connectivity index (χ4n) is 3.49. The standard InChI is InChI=1S/C18H28N3O10P/c1-10(2)29-14(23)7-11(26-4)8-27-32(25)28-9-12-15(31-32)18(3,19)16(30-12)21-6-5-13(22)20-17(21)24/h5-6,10-12,15-16H,7-9,19H2,1-4H3,(H,20,22,24)/t11-,12-,15-,16-,18-,32-/m1/s1. The lowest BCUT2D eigenvalue weighted by atomic mass is 9.93. The zero-order valence-corrected chi connectivity index (χ0v) is 19.1. The van der Waals surface area contributed by atoms with E-state index in [-0.39, 0.29) is 25.7 Å². The molecule has 14 heteroatoms. The molecule has 0 radical (unpaired) electrons. The van der Waals surface area contributed by atoms with Crippen LogP contribution in [-0.4, -0.2) is 65.8 Å². The van der Waals surface area contributed by atoms with Crippen molar-refractivity contribution in [2.45, 2.75) is 63.4 Å². The number of ether oxygens (including phenoxy) is 3. The topological polar surface area (TPSA) is 170 Å². The molecule has 2 fully saturated rings. The predicted molar refractivity (Wildman–Crippen MR) is 109 cm³/mol. The molecule has 2 saturated heterocycles. The normalized spacial score (nSPS) is 33.1. The second-order valence-electron chi connectivity index (χ2n) is 8.08. The summed E-state index contributed by atoms with van der Waals surface area (Å²) in [6, 6.07) is 1.16. The van der Waals surface area contributed by atoms with Crippen LogP contribution in [-0.2, 0) is 37.1 Å². The zero-order valence-electron chi connectivity index (χ0n) is 18.2. The number of aromatic nitrogens is 2. The number of hydrogen-bond donors (Lipinski definition) is 2. The molecule has 0 amide bonds. The third-order valence-corrected chi connectivity index (χ3v) is 6.46. The molecule has 1 aromatic heterocycles. The van der Waals surface area contributed by atoms with Crippen LogP contribution in [0.4, 0.5) is 0 Å². The van der Waals surface area contributed by atoms with Gasteiger partial charge in [-0.2, -0.15) is 0 Å². The Labute approximate surface area is 183 Å². The van der Waals surface area contributed by atoms with Gasteiger partial charge in [-0.3, -0.25) is 32.7 Å². The van der Waals surface area contributed by atoms with Gasteiger partial charge in [0.25, 0.3) is 5.56 Å². The molecule has 0 bridgehead atoms. The molecule has 3 rings (SSSR count). The van der Waals surface area contributed by atoms with E-state index in [1.54, 1.807) is 20.8 Å². The number of phosphoric ester groups is 1. The minimum Gasteiger partial charge on any atom is -0.463 e. The maximum absolute atomic E-state index is 13.0. The summed E-state index contributed by atoms with van der Waals surface area (Å²) in [5.41, 5.74) is 3.81. The van der Waals surface area contributed by atoms with Crippen LogP contribution in [0.3, 0.4) is 0 Å². The molecule has 13 nitrogen and oxygen atoms in total. The van der Waals surface area contributed by atoms with Gasteiger partial charge >= 0.3 is 19.5 Å². The molecule has 3 heterocycles. The zero-order chi connectivity index (χ0) is 23.7. The van der Waals surface area contributed by atoms with Crippen LogP contribution in [0.5, 0.6) is 0 Å². The third-order valence-electron chi connectivity index (χ3n) is 5.04. The summed E-state index contributed by atoms with van der Waals surface area (Å²) in [7, 11) is -2.70. The Morgan fingerprint density at radius 1 is 1.44 bits per heavy atom. The van der Waals surface area contributed by atoms with E-state index in [0.29, 0.717) is 0 Å². The van der Waals surface area contributed by atoms with Gasteiger partial charge in [0.2, 0.25) is 0 Å². The molecule has 32 heavy (non-hydrogen) atoms. The van der Waals surface area contributed by atoms with Crippen LogP contribution >= 0.6 is 7.82 Å². The lowest BCUT2D eigenvalue weighted by molar-refractivity contribution is -0.151. The third kappa shape index (κ3) is 5.37. The maximum atomic E-state index is 13.0. The highest BCUT2D eigenvalue weighted by molar-refractivity contribution is 7.48. The van der Waals surface area contributed by atoms with E-state index < -0.39 is 55.1 Å². The molecule has 2 aliphatic heterocycles. The van der Waals surface area contributed by atoms with E-state index >= 15 is 0 Å². The van der Waals surface area contributed by atoms with Crippen molar-refractivity contribution in [1.29, 1.82) is 0 Å². The highest BCUT2D eigenvalue weighted by Gasteiger charge is 2.59. The van der Waals surface area contributed by atoms with Gasteiger partial charge in [0.15, 0.2) is 6.23 Å². The smallest absolute Gasteiger partial charge is 0.463 e. The first kappa shape index (κ1) is 24.8. The minimum absolute atomic E-state index is 0.115. The Morgan fingerprint density at radius 3 is 2.78 bits per heavy atom. The largest absolute Gasteiger partial charge is 0.475 e. The van der Waals surface area contributed by atoms with Crippen LogP contribution in [0.15, 0.2) is 21.9 Å².